The molecule has 1 atom stereocenters. The van der Waals surface area contributed by atoms with Crippen molar-refractivity contribution in [1.82, 2.24) is 0 Å². The second-order valence-electron chi connectivity index (χ2n) is 9.47. The summed E-state index contributed by atoms with van der Waals surface area (Å²) in [5, 5.41) is 9.19. The molecule has 188 valence electrons. The van der Waals surface area contributed by atoms with Crippen LogP contribution < -0.4 is 24.0 Å². The molecule has 0 aromatic heterocycles. The third-order valence-electron chi connectivity index (χ3n) is 5.68. The molecule has 0 amide bonds. The lowest BCUT2D eigenvalue weighted by atomic mass is 10.0. The molecule has 0 saturated carbocycles. The molecule has 0 aromatic carbocycles. The fourth-order valence-corrected chi connectivity index (χ4v) is 4.90. The minimum Gasteiger partial charge on any atom is -1.00 e. The van der Waals surface area contributed by atoms with Crippen LogP contribution in [0, 0.1) is 0 Å². The van der Waals surface area contributed by atoms with E-state index in [-0.39, 0.29) is 42.7 Å². The van der Waals surface area contributed by atoms with E-state index in [4.69, 9.17) is 4.74 Å². The summed E-state index contributed by atoms with van der Waals surface area (Å²) in [5.74, 6) is 1.79. The van der Waals surface area contributed by atoms with Crippen LogP contribution in [-0.2, 0) is 9.53 Å². The molecule has 0 bridgehead atoms. The number of rotatable bonds is 22. The first kappa shape index (κ1) is 33.6. The van der Waals surface area contributed by atoms with Gasteiger partial charge in [-0.05, 0) is 12.2 Å². The lowest BCUT2D eigenvalue weighted by molar-refractivity contribution is -0.893. The van der Waals surface area contributed by atoms with Crippen molar-refractivity contribution in [2.75, 3.05) is 45.3 Å². The van der Waals surface area contributed by atoms with E-state index in [1.54, 1.807) is 0 Å². The van der Waals surface area contributed by atoms with Crippen LogP contribution in [0.25, 0.3) is 0 Å². The zero-order valence-corrected chi connectivity index (χ0v) is 24.0. The monoisotopic (exact) mass is 573 g/mol. The summed E-state index contributed by atoms with van der Waals surface area (Å²) in [5.41, 5.74) is 0. The Bertz CT molecular complexity index is 397. The van der Waals surface area contributed by atoms with Crippen LogP contribution in [-0.4, -0.2) is 67.0 Å². The Morgan fingerprint density at radius 1 is 0.871 bits per heavy atom. The zero-order valence-electron chi connectivity index (χ0n) is 21.0. The summed E-state index contributed by atoms with van der Waals surface area (Å²) in [7, 11) is 4.15. The molecule has 1 unspecified atom stereocenters. The normalized spacial score (nSPS) is 12.4. The number of halogens is 1. The number of aliphatic hydroxyl groups is 1. The van der Waals surface area contributed by atoms with Crippen LogP contribution in [0.1, 0.15) is 104 Å². The molecule has 0 aliphatic heterocycles. The lowest BCUT2D eigenvalue weighted by Crippen LogP contribution is -3.00. The number of carbonyl (C=O) groups is 1. The predicted molar refractivity (Wildman–Crippen MR) is 132 cm³/mol. The van der Waals surface area contributed by atoms with Crippen molar-refractivity contribution >= 4 is 17.7 Å². The van der Waals surface area contributed by atoms with Crippen molar-refractivity contribution in [2.24, 2.45) is 0 Å². The van der Waals surface area contributed by atoms with Crippen molar-refractivity contribution < 1.29 is 43.1 Å². The summed E-state index contributed by atoms with van der Waals surface area (Å²) < 4.78 is 6.17. The SMILES string of the molecule is CCCCCCCCCCCCCCCCSCC(C[N+](C)(C)CCO)OC(C)=O.[I-]. The molecule has 0 radical (unpaired) electrons. The molecule has 0 aromatic rings. The summed E-state index contributed by atoms with van der Waals surface area (Å²) in [6.45, 7) is 5.36. The quantitative estimate of drug-likeness (QED) is 0.0936. The van der Waals surface area contributed by atoms with Gasteiger partial charge in [-0.25, -0.2) is 0 Å². The van der Waals surface area contributed by atoms with Gasteiger partial charge >= 0.3 is 5.97 Å². The highest BCUT2D eigenvalue weighted by Gasteiger charge is 2.23. The Morgan fingerprint density at radius 3 is 1.74 bits per heavy atom. The van der Waals surface area contributed by atoms with E-state index in [1.807, 2.05) is 11.8 Å². The maximum atomic E-state index is 11.4. The van der Waals surface area contributed by atoms with Crippen molar-refractivity contribution in [3.8, 4) is 0 Å². The van der Waals surface area contributed by atoms with Crippen molar-refractivity contribution in [3.05, 3.63) is 0 Å². The van der Waals surface area contributed by atoms with Crippen LogP contribution in [0.3, 0.4) is 0 Å². The molecule has 1 N–H and O–H groups in total. The van der Waals surface area contributed by atoms with E-state index in [9.17, 15) is 9.90 Å². The van der Waals surface area contributed by atoms with E-state index in [0.717, 1.165) is 18.1 Å². The van der Waals surface area contributed by atoms with E-state index in [2.05, 4.69) is 21.0 Å². The van der Waals surface area contributed by atoms with Gasteiger partial charge in [-0.2, -0.15) is 11.8 Å². The van der Waals surface area contributed by atoms with Gasteiger partial charge in [-0.15, -0.1) is 0 Å². The number of hydrogen-bond donors (Lipinski definition) is 1. The van der Waals surface area contributed by atoms with Gasteiger partial charge in [0.25, 0.3) is 0 Å². The summed E-state index contributed by atoms with van der Waals surface area (Å²) in [4.78, 5) is 11.4. The summed E-state index contributed by atoms with van der Waals surface area (Å²) in [6.07, 6.45) is 19.4. The second kappa shape index (κ2) is 23.6. The first-order valence-electron chi connectivity index (χ1n) is 12.6. The number of ether oxygens (including phenoxy) is 1. The molecule has 31 heavy (non-hydrogen) atoms. The second-order valence-corrected chi connectivity index (χ2v) is 10.6. The number of nitrogens with zero attached hydrogens (tertiary/aromatic N) is 1. The van der Waals surface area contributed by atoms with Crippen LogP contribution >= 0.6 is 11.8 Å². The molecular weight excluding hydrogens is 521 g/mol. The van der Waals surface area contributed by atoms with Crippen LogP contribution in [0.5, 0.6) is 0 Å². The van der Waals surface area contributed by atoms with E-state index in [1.165, 1.54) is 96.8 Å². The summed E-state index contributed by atoms with van der Waals surface area (Å²) >= 11 is 1.90. The molecule has 0 spiro atoms. The van der Waals surface area contributed by atoms with Gasteiger partial charge in [0.15, 0.2) is 6.10 Å². The minimum atomic E-state index is -0.207. The standard InChI is InChI=1S/C25H52NO3S.HI/c1-5-6-7-8-9-10-11-12-13-14-15-16-17-18-21-30-23-25(29-24(2)28)22-26(3,4)19-20-27;/h25,27H,5-23H2,1-4H3;1H/q+1;/p-1. The van der Waals surface area contributed by atoms with E-state index < -0.39 is 0 Å². The largest absolute Gasteiger partial charge is 1.00 e. The third-order valence-corrected chi connectivity index (χ3v) is 6.87. The van der Waals surface area contributed by atoms with E-state index >= 15 is 0 Å². The Morgan fingerprint density at radius 2 is 1.32 bits per heavy atom. The number of hydrogen-bond acceptors (Lipinski definition) is 4. The van der Waals surface area contributed by atoms with Crippen LogP contribution in [0.15, 0.2) is 0 Å². The molecule has 0 aliphatic rings. The first-order valence-corrected chi connectivity index (χ1v) is 13.7. The van der Waals surface area contributed by atoms with Gasteiger partial charge in [0.05, 0.1) is 20.7 Å². The smallest absolute Gasteiger partial charge is 0.303 e. The maximum Gasteiger partial charge on any atom is 0.303 e. The molecule has 0 saturated heterocycles. The maximum absolute atomic E-state index is 11.4. The van der Waals surface area contributed by atoms with Crippen molar-refractivity contribution in [1.29, 1.82) is 0 Å². The van der Waals surface area contributed by atoms with Crippen LogP contribution in [0.4, 0.5) is 0 Å². The Kier molecular flexibility index (Phi) is 25.6. The number of aliphatic hydroxyl groups excluding tert-OH is 1. The Hall–Kier alpha value is 0.470. The average Bonchev–Trinajstić information content (AvgIpc) is 2.66. The predicted octanol–water partition coefficient (Wildman–Crippen LogP) is 3.21. The fraction of sp³-hybridized carbons (Fsp3) is 0.960. The molecule has 0 fully saturated rings. The highest BCUT2D eigenvalue weighted by molar-refractivity contribution is 7.99. The van der Waals surface area contributed by atoms with Crippen molar-refractivity contribution in [2.45, 2.75) is 110 Å². The number of thioether (sulfide) groups is 1. The molecule has 0 heterocycles. The number of carbonyl (C=O) groups excluding carboxylic acids is 1. The topological polar surface area (TPSA) is 46.5 Å². The van der Waals surface area contributed by atoms with Gasteiger partial charge in [0, 0.05) is 12.7 Å². The van der Waals surface area contributed by atoms with Gasteiger partial charge in [0.1, 0.15) is 13.1 Å². The number of quaternary nitrogens is 1. The van der Waals surface area contributed by atoms with Gasteiger partial charge in [-0.3, -0.25) is 4.79 Å². The minimum absolute atomic E-state index is 0. The highest BCUT2D eigenvalue weighted by atomic mass is 127. The van der Waals surface area contributed by atoms with Crippen molar-refractivity contribution in [3.63, 3.8) is 0 Å². The van der Waals surface area contributed by atoms with E-state index in [0.29, 0.717) is 11.0 Å². The van der Waals surface area contributed by atoms with Crippen LogP contribution in [0.2, 0.25) is 0 Å². The third kappa shape index (κ3) is 24.9. The molecule has 4 nitrogen and oxygen atoms in total. The molecular formula is C25H52INO3S. The molecule has 6 heteroatoms. The highest BCUT2D eigenvalue weighted by Crippen LogP contribution is 2.15. The molecule has 0 aliphatic carbocycles. The zero-order chi connectivity index (χ0) is 22.5. The summed E-state index contributed by atoms with van der Waals surface area (Å²) in [6, 6.07) is 0. The molecule has 0 rings (SSSR count). The fourth-order valence-electron chi connectivity index (χ4n) is 3.89. The average molecular weight is 574 g/mol. The number of esters is 1. The number of unbranched alkanes of at least 4 members (excludes halogenated alkanes) is 13. The lowest BCUT2D eigenvalue weighted by Gasteiger charge is -2.32. The Labute approximate surface area is 215 Å². The number of likely N-dealkylation sites (N-methyl/N-ethyl adjacent to an activating group) is 1. The van der Waals surface area contributed by atoms with Gasteiger partial charge < -0.3 is 38.3 Å². The van der Waals surface area contributed by atoms with Gasteiger partial charge in [0.2, 0.25) is 0 Å². The first-order chi connectivity index (χ1) is 14.4. The Balaban J connectivity index is 0. The van der Waals surface area contributed by atoms with Gasteiger partial charge in [-0.1, -0.05) is 90.4 Å².